The molecule has 1 rings (SSSR count). The van der Waals surface area contributed by atoms with Crippen molar-refractivity contribution in [3.8, 4) is 5.75 Å². The summed E-state index contributed by atoms with van der Waals surface area (Å²) in [5.74, 6) is 0.704. The van der Waals surface area contributed by atoms with Crippen LogP contribution in [0.15, 0.2) is 24.3 Å². The quantitative estimate of drug-likeness (QED) is 0.827. The highest BCUT2D eigenvalue weighted by atomic mass is 32.1. The van der Waals surface area contributed by atoms with Crippen molar-refractivity contribution in [1.82, 2.24) is 4.90 Å². The molecule has 1 amide bonds. The fraction of sp³-hybridized carbons (Fsp3) is 0.385. The Balaban J connectivity index is 2.99. The van der Waals surface area contributed by atoms with Gasteiger partial charge < -0.3 is 15.4 Å². The third-order valence-corrected chi connectivity index (χ3v) is 2.88. The van der Waals surface area contributed by atoms with Crippen LogP contribution in [-0.2, 0) is 4.79 Å². The zero-order valence-electron chi connectivity index (χ0n) is 10.8. The predicted molar refractivity (Wildman–Crippen MR) is 75.6 cm³/mol. The van der Waals surface area contributed by atoms with Gasteiger partial charge in [0.2, 0.25) is 5.91 Å². The van der Waals surface area contributed by atoms with Gasteiger partial charge in [0.05, 0.1) is 6.61 Å². The van der Waals surface area contributed by atoms with Gasteiger partial charge in [0.25, 0.3) is 0 Å². The van der Waals surface area contributed by atoms with E-state index in [1.165, 1.54) is 11.8 Å². The molecule has 0 heterocycles. The molecule has 1 aromatic carbocycles. The van der Waals surface area contributed by atoms with Gasteiger partial charge in [-0.05, 0) is 24.6 Å². The highest BCUT2D eigenvalue weighted by Crippen LogP contribution is 2.22. The van der Waals surface area contributed by atoms with Gasteiger partial charge in [0.15, 0.2) is 0 Å². The maximum absolute atomic E-state index is 11.4. The summed E-state index contributed by atoms with van der Waals surface area (Å²) in [6.45, 7) is 4.03. The highest BCUT2D eigenvalue weighted by Gasteiger charge is 2.21. The maximum Gasteiger partial charge on any atom is 0.220 e. The molecule has 4 nitrogen and oxygen atoms in total. The fourth-order valence-electron chi connectivity index (χ4n) is 1.67. The lowest BCUT2D eigenvalue weighted by Gasteiger charge is -2.26. The lowest BCUT2D eigenvalue weighted by molar-refractivity contribution is -0.128. The van der Waals surface area contributed by atoms with E-state index in [1.54, 1.807) is 7.05 Å². The average molecular weight is 266 g/mol. The number of hydrogen-bond acceptors (Lipinski definition) is 3. The van der Waals surface area contributed by atoms with Crippen molar-refractivity contribution < 1.29 is 9.53 Å². The van der Waals surface area contributed by atoms with Crippen LogP contribution in [0.2, 0.25) is 0 Å². The summed E-state index contributed by atoms with van der Waals surface area (Å²) < 4.78 is 5.36. The number of carbonyl (C=O) groups excluding carboxylic acids is 1. The molecule has 1 atom stereocenters. The van der Waals surface area contributed by atoms with Crippen LogP contribution in [0.25, 0.3) is 0 Å². The first-order valence-electron chi connectivity index (χ1n) is 5.72. The number of ether oxygens (including phenoxy) is 1. The third-order valence-electron chi connectivity index (χ3n) is 2.66. The summed E-state index contributed by atoms with van der Waals surface area (Å²) in [5.41, 5.74) is 6.59. The van der Waals surface area contributed by atoms with E-state index in [1.807, 2.05) is 31.2 Å². The van der Waals surface area contributed by atoms with Gasteiger partial charge in [-0.25, -0.2) is 0 Å². The Morgan fingerprint density at radius 3 is 2.39 bits per heavy atom. The summed E-state index contributed by atoms with van der Waals surface area (Å²) in [7, 11) is 1.68. The van der Waals surface area contributed by atoms with Crippen LogP contribution >= 0.6 is 12.2 Å². The zero-order chi connectivity index (χ0) is 13.7. The molecule has 0 spiro atoms. The van der Waals surface area contributed by atoms with E-state index < -0.39 is 0 Å². The molecule has 0 fully saturated rings. The van der Waals surface area contributed by atoms with Gasteiger partial charge in [-0.1, -0.05) is 24.4 Å². The Bertz CT molecular complexity index is 431. The molecule has 18 heavy (non-hydrogen) atoms. The summed E-state index contributed by atoms with van der Waals surface area (Å²) in [6.07, 6.45) is 0. The monoisotopic (exact) mass is 266 g/mol. The smallest absolute Gasteiger partial charge is 0.220 e. The highest BCUT2D eigenvalue weighted by molar-refractivity contribution is 7.80. The predicted octanol–water partition coefficient (Wildman–Crippen LogP) is 1.89. The molecule has 1 aromatic rings. The standard InChI is InChI=1S/C13H18N2O2S/c1-4-17-11-7-5-10(6-8-11)12(13(14)18)15(3)9(2)16/h5-8,12H,4H2,1-3H3,(H2,14,18). The number of nitrogens with zero attached hydrogens (tertiary/aromatic N) is 1. The molecule has 0 aliphatic carbocycles. The summed E-state index contributed by atoms with van der Waals surface area (Å²) in [4.78, 5) is 13.2. The molecule has 0 bridgehead atoms. The minimum absolute atomic E-state index is 0.0818. The average Bonchev–Trinajstić information content (AvgIpc) is 2.31. The first-order valence-corrected chi connectivity index (χ1v) is 6.13. The van der Waals surface area contributed by atoms with Crippen LogP contribution in [0.1, 0.15) is 25.5 Å². The molecule has 0 aliphatic rings. The number of rotatable bonds is 5. The van der Waals surface area contributed by atoms with E-state index in [9.17, 15) is 4.79 Å². The molecular weight excluding hydrogens is 248 g/mol. The van der Waals surface area contributed by atoms with Gasteiger partial charge in [-0.2, -0.15) is 0 Å². The second-order valence-electron chi connectivity index (χ2n) is 3.94. The Hall–Kier alpha value is -1.62. The minimum atomic E-state index is -0.381. The van der Waals surface area contributed by atoms with E-state index in [4.69, 9.17) is 22.7 Å². The SMILES string of the molecule is CCOc1ccc(C(C(N)=S)N(C)C(C)=O)cc1. The second-order valence-corrected chi connectivity index (χ2v) is 4.41. The number of hydrogen-bond donors (Lipinski definition) is 1. The Morgan fingerprint density at radius 2 is 2.00 bits per heavy atom. The van der Waals surface area contributed by atoms with Crippen LogP contribution in [0.5, 0.6) is 5.75 Å². The van der Waals surface area contributed by atoms with Crippen molar-refractivity contribution >= 4 is 23.1 Å². The van der Waals surface area contributed by atoms with Gasteiger partial charge in [-0.15, -0.1) is 0 Å². The zero-order valence-corrected chi connectivity index (χ0v) is 11.7. The number of amides is 1. The van der Waals surface area contributed by atoms with E-state index in [0.717, 1.165) is 11.3 Å². The van der Waals surface area contributed by atoms with Gasteiger partial charge in [0, 0.05) is 14.0 Å². The molecule has 0 saturated carbocycles. The lowest BCUT2D eigenvalue weighted by atomic mass is 10.1. The topological polar surface area (TPSA) is 55.6 Å². The van der Waals surface area contributed by atoms with Crippen molar-refractivity contribution in [2.45, 2.75) is 19.9 Å². The Morgan fingerprint density at radius 1 is 1.44 bits per heavy atom. The molecular formula is C13H18N2O2S. The van der Waals surface area contributed by atoms with Crippen molar-refractivity contribution in [1.29, 1.82) is 0 Å². The summed E-state index contributed by atoms with van der Waals surface area (Å²) in [6, 6.07) is 7.05. The minimum Gasteiger partial charge on any atom is -0.494 e. The Kier molecular flexibility index (Phi) is 5.09. The maximum atomic E-state index is 11.4. The first-order chi connectivity index (χ1) is 8.47. The van der Waals surface area contributed by atoms with Gasteiger partial charge >= 0.3 is 0 Å². The van der Waals surface area contributed by atoms with Crippen molar-refractivity contribution in [2.75, 3.05) is 13.7 Å². The number of thiocarbonyl (C=S) groups is 1. The molecule has 0 aromatic heterocycles. The van der Waals surface area contributed by atoms with Crippen LogP contribution in [-0.4, -0.2) is 29.5 Å². The van der Waals surface area contributed by atoms with Crippen LogP contribution in [0.3, 0.4) is 0 Å². The molecule has 1 unspecified atom stereocenters. The van der Waals surface area contributed by atoms with Crippen LogP contribution in [0, 0.1) is 0 Å². The van der Waals surface area contributed by atoms with E-state index in [0.29, 0.717) is 6.61 Å². The summed E-state index contributed by atoms with van der Waals surface area (Å²) >= 11 is 5.03. The number of benzene rings is 1. The normalized spacial score (nSPS) is 11.7. The van der Waals surface area contributed by atoms with Crippen LogP contribution in [0.4, 0.5) is 0 Å². The van der Waals surface area contributed by atoms with Crippen molar-refractivity contribution in [3.63, 3.8) is 0 Å². The van der Waals surface area contributed by atoms with E-state index in [-0.39, 0.29) is 16.9 Å². The summed E-state index contributed by atoms with van der Waals surface area (Å²) in [5, 5.41) is 0. The number of likely N-dealkylation sites (N-methyl/N-ethyl adjacent to an activating group) is 1. The van der Waals surface area contributed by atoms with Gasteiger partial charge in [-0.3, -0.25) is 4.79 Å². The molecule has 5 heteroatoms. The molecule has 2 N–H and O–H groups in total. The first kappa shape index (κ1) is 14.4. The molecule has 0 radical (unpaired) electrons. The molecule has 98 valence electrons. The van der Waals surface area contributed by atoms with Crippen molar-refractivity contribution in [3.05, 3.63) is 29.8 Å². The lowest BCUT2D eigenvalue weighted by Crippen LogP contribution is -2.36. The Labute approximate surface area is 113 Å². The largest absolute Gasteiger partial charge is 0.494 e. The fourth-order valence-corrected chi connectivity index (χ4v) is 1.97. The van der Waals surface area contributed by atoms with Gasteiger partial charge in [0.1, 0.15) is 16.8 Å². The number of carbonyl (C=O) groups is 1. The van der Waals surface area contributed by atoms with E-state index >= 15 is 0 Å². The van der Waals surface area contributed by atoms with Crippen molar-refractivity contribution in [2.24, 2.45) is 5.73 Å². The third kappa shape index (κ3) is 3.43. The second kappa shape index (κ2) is 6.35. The molecule has 0 aliphatic heterocycles. The van der Waals surface area contributed by atoms with E-state index in [2.05, 4.69) is 0 Å². The molecule has 0 saturated heterocycles. The van der Waals surface area contributed by atoms with Crippen LogP contribution < -0.4 is 10.5 Å². The number of nitrogens with two attached hydrogens (primary N) is 1.